The van der Waals surface area contributed by atoms with Crippen molar-refractivity contribution >= 4 is 11.9 Å². The first kappa shape index (κ1) is 18.0. The topological polar surface area (TPSA) is 84.9 Å². The van der Waals surface area contributed by atoms with Crippen LogP contribution in [-0.4, -0.2) is 42.3 Å². The molecule has 1 atom stereocenters. The number of rotatable bonds is 6. The van der Waals surface area contributed by atoms with Gasteiger partial charge < -0.3 is 14.6 Å². The Labute approximate surface area is 130 Å². The van der Waals surface area contributed by atoms with Crippen LogP contribution in [-0.2, 0) is 25.5 Å². The Morgan fingerprint density at radius 2 is 1.82 bits per heavy atom. The van der Waals surface area contributed by atoms with Crippen molar-refractivity contribution in [2.75, 3.05) is 13.7 Å². The third kappa shape index (κ3) is 6.58. The summed E-state index contributed by atoms with van der Waals surface area (Å²) in [4.78, 5) is 23.5. The van der Waals surface area contributed by atoms with Crippen molar-refractivity contribution < 1.29 is 24.2 Å². The second-order valence-corrected chi connectivity index (χ2v) is 5.91. The van der Waals surface area contributed by atoms with Crippen molar-refractivity contribution in [1.82, 2.24) is 5.32 Å². The lowest BCUT2D eigenvalue weighted by Crippen LogP contribution is -2.43. The molecule has 0 fully saturated rings. The Balaban J connectivity index is 2.63. The smallest absolute Gasteiger partial charge is 0.323 e. The third-order valence-corrected chi connectivity index (χ3v) is 2.77. The summed E-state index contributed by atoms with van der Waals surface area (Å²) in [6.07, 6.45) is 0.343. The molecule has 122 valence electrons. The Kier molecular flexibility index (Phi) is 6.37. The molecule has 0 aliphatic heterocycles. The van der Waals surface area contributed by atoms with Crippen molar-refractivity contribution in [2.45, 2.75) is 38.8 Å². The van der Waals surface area contributed by atoms with Crippen molar-refractivity contribution in [2.24, 2.45) is 0 Å². The standard InChI is InChI=1S/C16H23NO5/c1-16(2,3)22-14(19)10-17-13(15(20)21-4)9-11-5-7-12(18)8-6-11/h5-8,13,17-18H,9-10H2,1-4H3/t13-/m0/s1. The lowest BCUT2D eigenvalue weighted by molar-refractivity contribution is -0.154. The highest BCUT2D eigenvalue weighted by atomic mass is 16.6. The molecule has 1 rings (SSSR count). The van der Waals surface area contributed by atoms with Crippen LogP contribution in [0.15, 0.2) is 24.3 Å². The fourth-order valence-electron chi connectivity index (χ4n) is 1.83. The Hall–Kier alpha value is -2.08. The lowest BCUT2D eigenvalue weighted by Gasteiger charge is -2.21. The van der Waals surface area contributed by atoms with Gasteiger partial charge in [0.15, 0.2) is 0 Å². The maximum absolute atomic E-state index is 11.8. The van der Waals surface area contributed by atoms with Gasteiger partial charge in [0.1, 0.15) is 17.4 Å². The molecule has 0 heterocycles. The fraction of sp³-hybridized carbons (Fsp3) is 0.500. The third-order valence-electron chi connectivity index (χ3n) is 2.77. The number of aromatic hydroxyl groups is 1. The largest absolute Gasteiger partial charge is 0.508 e. The molecule has 0 spiro atoms. The maximum atomic E-state index is 11.8. The van der Waals surface area contributed by atoms with Crippen LogP contribution < -0.4 is 5.32 Å². The van der Waals surface area contributed by atoms with Crippen LogP contribution in [0.25, 0.3) is 0 Å². The second kappa shape index (κ2) is 7.79. The molecule has 1 aromatic rings. The van der Waals surface area contributed by atoms with Gasteiger partial charge in [0.2, 0.25) is 0 Å². The molecule has 0 bridgehead atoms. The molecule has 6 nitrogen and oxygen atoms in total. The average Bonchev–Trinajstić information content (AvgIpc) is 2.42. The highest BCUT2D eigenvalue weighted by molar-refractivity contribution is 5.78. The van der Waals surface area contributed by atoms with Gasteiger partial charge >= 0.3 is 11.9 Å². The van der Waals surface area contributed by atoms with Crippen LogP contribution in [0.3, 0.4) is 0 Å². The number of hydrogen-bond acceptors (Lipinski definition) is 6. The summed E-state index contributed by atoms with van der Waals surface area (Å²) < 4.78 is 9.92. The SMILES string of the molecule is COC(=O)[C@H](Cc1ccc(O)cc1)NCC(=O)OC(C)(C)C. The van der Waals surface area contributed by atoms with Crippen molar-refractivity contribution in [1.29, 1.82) is 0 Å². The van der Waals surface area contributed by atoms with Gasteiger partial charge in [0.05, 0.1) is 13.7 Å². The molecule has 6 heteroatoms. The normalized spacial score (nSPS) is 12.5. The van der Waals surface area contributed by atoms with E-state index in [0.717, 1.165) is 5.56 Å². The number of ether oxygens (including phenoxy) is 2. The number of nitrogens with one attached hydrogen (secondary N) is 1. The van der Waals surface area contributed by atoms with Gasteiger partial charge in [-0.25, -0.2) is 0 Å². The minimum Gasteiger partial charge on any atom is -0.508 e. The number of hydrogen-bond donors (Lipinski definition) is 2. The number of carbonyl (C=O) groups excluding carboxylic acids is 2. The van der Waals surface area contributed by atoms with Gasteiger partial charge in [-0.05, 0) is 44.9 Å². The summed E-state index contributed by atoms with van der Waals surface area (Å²) in [5, 5.41) is 12.1. The zero-order chi connectivity index (χ0) is 16.8. The number of phenolic OH excluding ortho intramolecular Hbond substituents is 1. The zero-order valence-corrected chi connectivity index (χ0v) is 13.4. The van der Waals surface area contributed by atoms with E-state index in [1.54, 1.807) is 32.9 Å². The molecule has 0 amide bonds. The van der Waals surface area contributed by atoms with Crippen LogP contribution >= 0.6 is 0 Å². The molecule has 0 aromatic heterocycles. The molecule has 0 saturated heterocycles. The van der Waals surface area contributed by atoms with Crippen molar-refractivity contribution in [3.8, 4) is 5.75 Å². The van der Waals surface area contributed by atoms with Gasteiger partial charge in [-0.15, -0.1) is 0 Å². The van der Waals surface area contributed by atoms with Gasteiger partial charge in [0, 0.05) is 0 Å². The van der Waals surface area contributed by atoms with Crippen LogP contribution in [0.2, 0.25) is 0 Å². The maximum Gasteiger partial charge on any atom is 0.323 e. The van der Waals surface area contributed by atoms with E-state index in [-0.39, 0.29) is 12.3 Å². The van der Waals surface area contributed by atoms with Gasteiger partial charge in [0.25, 0.3) is 0 Å². The molecule has 22 heavy (non-hydrogen) atoms. The number of methoxy groups -OCH3 is 1. The van der Waals surface area contributed by atoms with Gasteiger partial charge in [-0.1, -0.05) is 12.1 Å². The first-order chi connectivity index (χ1) is 10.2. The van der Waals surface area contributed by atoms with E-state index in [1.807, 2.05) is 0 Å². The van der Waals surface area contributed by atoms with Gasteiger partial charge in [-0.3, -0.25) is 14.9 Å². The molecule has 1 aromatic carbocycles. The molecular formula is C16H23NO5. The fourth-order valence-corrected chi connectivity index (χ4v) is 1.83. The molecule has 0 saturated carbocycles. The van der Waals surface area contributed by atoms with Crippen LogP contribution in [0.5, 0.6) is 5.75 Å². The van der Waals surface area contributed by atoms with Gasteiger partial charge in [-0.2, -0.15) is 0 Å². The van der Waals surface area contributed by atoms with Crippen LogP contribution in [0.4, 0.5) is 0 Å². The minimum absolute atomic E-state index is 0.0882. The highest BCUT2D eigenvalue weighted by Crippen LogP contribution is 2.12. The Morgan fingerprint density at radius 1 is 1.23 bits per heavy atom. The van der Waals surface area contributed by atoms with E-state index in [9.17, 15) is 14.7 Å². The molecule has 0 aliphatic carbocycles. The lowest BCUT2D eigenvalue weighted by atomic mass is 10.1. The molecule has 2 N–H and O–H groups in total. The summed E-state index contributed by atoms with van der Waals surface area (Å²) in [5.41, 5.74) is 0.265. The van der Waals surface area contributed by atoms with E-state index in [4.69, 9.17) is 9.47 Å². The first-order valence-electron chi connectivity index (χ1n) is 7.02. The summed E-state index contributed by atoms with van der Waals surface area (Å²) in [6.45, 7) is 5.24. The number of carbonyl (C=O) groups is 2. The van der Waals surface area contributed by atoms with Crippen LogP contribution in [0, 0.1) is 0 Å². The Morgan fingerprint density at radius 3 is 2.32 bits per heavy atom. The predicted molar refractivity (Wildman–Crippen MR) is 81.5 cm³/mol. The summed E-state index contributed by atoms with van der Waals surface area (Å²) in [6, 6.07) is 5.83. The molecule has 0 unspecified atom stereocenters. The highest BCUT2D eigenvalue weighted by Gasteiger charge is 2.22. The minimum atomic E-state index is -0.665. The van der Waals surface area contributed by atoms with E-state index >= 15 is 0 Å². The van der Waals surface area contributed by atoms with E-state index in [0.29, 0.717) is 6.42 Å². The zero-order valence-electron chi connectivity index (χ0n) is 13.4. The van der Waals surface area contributed by atoms with E-state index in [2.05, 4.69) is 5.32 Å². The molecular weight excluding hydrogens is 286 g/mol. The van der Waals surface area contributed by atoms with Crippen molar-refractivity contribution in [3.63, 3.8) is 0 Å². The van der Waals surface area contributed by atoms with E-state index in [1.165, 1.54) is 19.2 Å². The quantitative estimate of drug-likeness (QED) is 0.773. The van der Waals surface area contributed by atoms with Crippen LogP contribution in [0.1, 0.15) is 26.3 Å². The summed E-state index contributed by atoms with van der Waals surface area (Å²) in [7, 11) is 1.29. The summed E-state index contributed by atoms with van der Waals surface area (Å²) >= 11 is 0. The number of benzene rings is 1. The first-order valence-corrected chi connectivity index (χ1v) is 7.02. The monoisotopic (exact) mass is 309 g/mol. The predicted octanol–water partition coefficient (Wildman–Crippen LogP) is 1.41. The second-order valence-electron chi connectivity index (χ2n) is 5.91. The molecule has 0 radical (unpaired) electrons. The Bertz CT molecular complexity index is 504. The average molecular weight is 309 g/mol. The van der Waals surface area contributed by atoms with E-state index < -0.39 is 23.6 Å². The molecule has 0 aliphatic rings. The summed E-state index contributed by atoms with van der Waals surface area (Å²) in [5.74, 6) is -0.746. The number of phenols is 1. The van der Waals surface area contributed by atoms with Crippen molar-refractivity contribution in [3.05, 3.63) is 29.8 Å². The number of esters is 2.